The molecule has 1 N–H and O–H groups in total. The van der Waals surface area contributed by atoms with Crippen LogP contribution in [0.1, 0.15) is 29.8 Å². The molecule has 0 amide bonds. The van der Waals surface area contributed by atoms with Crippen molar-refractivity contribution in [2.75, 3.05) is 19.6 Å². The number of hydrogen-bond acceptors (Lipinski definition) is 5. The molecule has 7 heteroatoms. The number of aromatic nitrogens is 3. The molecule has 2 aromatic heterocycles. The van der Waals surface area contributed by atoms with Gasteiger partial charge in [0.05, 0.1) is 11.4 Å². The topological polar surface area (TPSA) is 71.2 Å². The molecule has 0 aromatic carbocycles. The van der Waals surface area contributed by atoms with Gasteiger partial charge in [-0.15, -0.1) is 16.4 Å². The molecule has 1 saturated heterocycles. The first-order valence-electron chi connectivity index (χ1n) is 7.19. The molecule has 2 aromatic rings. The van der Waals surface area contributed by atoms with Gasteiger partial charge in [-0.3, -0.25) is 0 Å². The molecule has 3 heterocycles. The maximum Gasteiger partial charge on any atom is 0.358 e. The van der Waals surface area contributed by atoms with Crippen LogP contribution >= 0.6 is 11.3 Å². The van der Waals surface area contributed by atoms with E-state index in [2.05, 4.69) is 15.2 Å². The van der Waals surface area contributed by atoms with Crippen LogP contribution in [0.25, 0.3) is 10.6 Å². The van der Waals surface area contributed by atoms with Crippen molar-refractivity contribution in [2.24, 2.45) is 0 Å². The lowest BCUT2D eigenvalue weighted by atomic mass is 10.1. The van der Waals surface area contributed by atoms with Crippen molar-refractivity contribution >= 4 is 17.3 Å². The number of aromatic carboxylic acids is 1. The van der Waals surface area contributed by atoms with Crippen LogP contribution in [0.5, 0.6) is 0 Å². The normalized spacial score (nSPS) is 16.2. The number of nitrogens with zero attached hydrogens (tertiary/aromatic N) is 4. The number of likely N-dealkylation sites (tertiary alicyclic amines) is 1. The zero-order valence-corrected chi connectivity index (χ0v) is 12.6. The fourth-order valence-electron chi connectivity index (χ4n) is 2.69. The molecule has 1 aliphatic rings. The van der Waals surface area contributed by atoms with Gasteiger partial charge in [0.15, 0.2) is 5.69 Å². The minimum atomic E-state index is -1.03. The number of carbonyl (C=O) groups is 1. The van der Waals surface area contributed by atoms with Crippen molar-refractivity contribution in [2.45, 2.75) is 25.8 Å². The molecule has 1 aliphatic heterocycles. The van der Waals surface area contributed by atoms with E-state index in [9.17, 15) is 9.90 Å². The Labute approximate surface area is 127 Å². The summed E-state index contributed by atoms with van der Waals surface area (Å²) < 4.78 is 1.73. The fourth-order valence-corrected chi connectivity index (χ4v) is 3.46. The average molecular weight is 306 g/mol. The summed E-state index contributed by atoms with van der Waals surface area (Å²) in [5.74, 6) is -1.03. The monoisotopic (exact) mass is 306 g/mol. The highest BCUT2D eigenvalue weighted by atomic mass is 32.1. The summed E-state index contributed by atoms with van der Waals surface area (Å²) in [5.41, 5.74) is 0.658. The molecule has 0 bridgehead atoms. The van der Waals surface area contributed by atoms with E-state index in [0.717, 1.165) is 24.5 Å². The summed E-state index contributed by atoms with van der Waals surface area (Å²) in [6, 6.07) is 3.82. The van der Waals surface area contributed by atoms with E-state index in [1.807, 2.05) is 17.5 Å². The zero-order chi connectivity index (χ0) is 14.7. The first-order chi connectivity index (χ1) is 10.3. The van der Waals surface area contributed by atoms with Gasteiger partial charge in [0.25, 0.3) is 0 Å². The van der Waals surface area contributed by atoms with Crippen molar-refractivity contribution < 1.29 is 9.90 Å². The van der Waals surface area contributed by atoms with Crippen LogP contribution in [0.3, 0.4) is 0 Å². The SMILES string of the molecule is O=C(O)c1nnn(CCN2CCCCC2)c1-c1cccs1. The van der Waals surface area contributed by atoms with E-state index in [1.165, 1.54) is 30.6 Å². The van der Waals surface area contributed by atoms with Gasteiger partial charge in [0, 0.05) is 6.54 Å². The summed E-state index contributed by atoms with van der Waals surface area (Å²) in [5, 5.41) is 19.1. The van der Waals surface area contributed by atoms with Gasteiger partial charge in [-0.1, -0.05) is 17.7 Å². The van der Waals surface area contributed by atoms with E-state index in [4.69, 9.17) is 0 Å². The molecule has 21 heavy (non-hydrogen) atoms. The molecule has 1 fully saturated rings. The van der Waals surface area contributed by atoms with Crippen LogP contribution in [0.4, 0.5) is 0 Å². The summed E-state index contributed by atoms with van der Waals surface area (Å²) in [6.07, 6.45) is 3.80. The van der Waals surface area contributed by atoms with Gasteiger partial charge >= 0.3 is 5.97 Å². The second-order valence-electron chi connectivity index (χ2n) is 5.19. The van der Waals surface area contributed by atoms with Crippen molar-refractivity contribution in [1.29, 1.82) is 0 Å². The predicted molar refractivity (Wildman–Crippen MR) is 80.6 cm³/mol. The molecule has 0 aliphatic carbocycles. The van der Waals surface area contributed by atoms with Crippen molar-refractivity contribution in [3.63, 3.8) is 0 Å². The van der Waals surface area contributed by atoms with E-state index in [-0.39, 0.29) is 5.69 Å². The van der Waals surface area contributed by atoms with Gasteiger partial charge in [0.2, 0.25) is 0 Å². The standard InChI is InChI=1S/C14H18N4O2S/c19-14(20)12-13(11-5-4-10-21-11)18(16-15-12)9-8-17-6-2-1-3-7-17/h4-5,10H,1-3,6-9H2,(H,19,20). The zero-order valence-electron chi connectivity index (χ0n) is 11.7. The summed E-state index contributed by atoms with van der Waals surface area (Å²) >= 11 is 1.51. The number of hydrogen-bond donors (Lipinski definition) is 1. The maximum atomic E-state index is 11.3. The fraction of sp³-hybridized carbons (Fsp3) is 0.500. The highest BCUT2D eigenvalue weighted by Gasteiger charge is 2.21. The van der Waals surface area contributed by atoms with Crippen LogP contribution in [-0.4, -0.2) is 50.6 Å². The van der Waals surface area contributed by atoms with Crippen LogP contribution in [0, 0.1) is 0 Å². The molecular formula is C14H18N4O2S. The molecule has 3 rings (SSSR count). The second kappa shape index (κ2) is 6.36. The van der Waals surface area contributed by atoms with E-state index < -0.39 is 5.97 Å². The summed E-state index contributed by atoms with van der Waals surface area (Å²) in [6.45, 7) is 3.80. The molecule has 0 radical (unpaired) electrons. The lowest BCUT2D eigenvalue weighted by Crippen LogP contribution is -2.32. The van der Waals surface area contributed by atoms with Gasteiger partial charge in [0.1, 0.15) is 5.69 Å². The number of carboxylic acids is 1. The van der Waals surface area contributed by atoms with Gasteiger partial charge in [-0.05, 0) is 37.4 Å². The Morgan fingerprint density at radius 2 is 2.10 bits per heavy atom. The Morgan fingerprint density at radius 1 is 1.29 bits per heavy atom. The molecule has 0 unspecified atom stereocenters. The number of thiophene rings is 1. The van der Waals surface area contributed by atoms with Crippen molar-refractivity contribution in [3.05, 3.63) is 23.2 Å². The highest BCUT2D eigenvalue weighted by Crippen LogP contribution is 2.27. The molecule has 6 nitrogen and oxygen atoms in total. The second-order valence-corrected chi connectivity index (χ2v) is 6.14. The van der Waals surface area contributed by atoms with Gasteiger partial charge in [-0.25, -0.2) is 9.48 Å². The Morgan fingerprint density at radius 3 is 2.76 bits per heavy atom. The third kappa shape index (κ3) is 3.14. The highest BCUT2D eigenvalue weighted by molar-refractivity contribution is 7.13. The van der Waals surface area contributed by atoms with Gasteiger partial charge < -0.3 is 10.0 Å². The van der Waals surface area contributed by atoms with Crippen LogP contribution in [0.15, 0.2) is 17.5 Å². The Kier molecular flexibility index (Phi) is 4.31. The smallest absolute Gasteiger partial charge is 0.358 e. The average Bonchev–Trinajstić information content (AvgIpc) is 3.15. The number of carboxylic acid groups (broad SMARTS) is 1. The largest absolute Gasteiger partial charge is 0.476 e. The van der Waals surface area contributed by atoms with Gasteiger partial charge in [-0.2, -0.15) is 0 Å². The van der Waals surface area contributed by atoms with Crippen molar-refractivity contribution in [3.8, 4) is 10.6 Å². The maximum absolute atomic E-state index is 11.3. The van der Waals surface area contributed by atoms with E-state index in [0.29, 0.717) is 12.2 Å². The molecular weight excluding hydrogens is 288 g/mol. The predicted octanol–water partition coefficient (Wildman–Crippen LogP) is 2.19. The third-order valence-electron chi connectivity index (χ3n) is 3.77. The Bertz CT molecular complexity index is 603. The molecule has 112 valence electrons. The summed E-state index contributed by atoms with van der Waals surface area (Å²) in [4.78, 5) is 14.6. The minimum Gasteiger partial charge on any atom is -0.476 e. The van der Waals surface area contributed by atoms with Crippen LogP contribution < -0.4 is 0 Å². The number of piperidine rings is 1. The first kappa shape index (κ1) is 14.2. The van der Waals surface area contributed by atoms with E-state index in [1.54, 1.807) is 4.68 Å². The minimum absolute atomic E-state index is 0.0381. The lowest BCUT2D eigenvalue weighted by molar-refractivity contribution is 0.0691. The van der Waals surface area contributed by atoms with E-state index >= 15 is 0 Å². The Hall–Kier alpha value is -1.73. The molecule has 0 atom stereocenters. The first-order valence-corrected chi connectivity index (χ1v) is 8.06. The number of rotatable bonds is 5. The summed E-state index contributed by atoms with van der Waals surface area (Å²) in [7, 11) is 0. The third-order valence-corrected chi connectivity index (χ3v) is 4.65. The quantitative estimate of drug-likeness (QED) is 0.917. The molecule has 0 saturated carbocycles. The van der Waals surface area contributed by atoms with Crippen molar-refractivity contribution in [1.82, 2.24) is 19.9 Å². The lowest BCUT2D eigenvalue weighted by Gasteiger charge is -2.26. The molecule has 0 spiro atoms. The van der Waals surface area contributed by atoms with Crippen LogP contribution in [-0.2, 0) is 6.54 Å². The Balaban J connectivity index is 1.80. The van der Waals surface area contributed by atoms with Crippen LogP contribution in [0.2, 0.25) is 0 Å².